The van der Waals surface area contributed by atoms with Gasteiger partial charge in [0, 0.05) is 19.5 Å². The average molecular weight is 595 g/mol. The van der Waals surface area contributed by atoms with Crippen LogP contribution in [0.5, 0.6) is 0 Å². The van der Waals surface area contributed by atoms with Crippen molar-refractivity contribution in [1.82, 2.24) is 30.1 Å². The van der Waals surface area contributed by atoms with Gasteiger partial charge in [0.25, 0.3) is 0 Å². The molecule has 2 aliphatic rings. The van der Waals surface area contributed by atoms with Gasteiger partial charge in [-0.2, -0.15) is 10.3 Å². The number of carbonyl (C=O) groups excluding carboxylic acids is 3. The van der Waals surface area contributed by atoms with Crippen LogP contribution in [0.2, 0.25) is 0 Å². The number of rotatable bonds is 8. The molecular formula is C31H30N8O3S. The number of hydrogen-bond acceptors (Lipinski definition) is 8. The topological polar surface area (TPSA) is 139 Å². The van der Waals surface area contributed by atoms with Crippen LogP contribution in [0.4, 0.5) is 9.93 Å². The van der Waals surface area contributed by atoms with E-state index in [1.807, 2.05) is 78.9 Å². The number of nitrogens with two attached hydrogens (primary N) is 1. The molecule has 0 saturated carbocycles. The highest BCUT2D eigenvalue weighted by atomic mass is 32.1. The summed E-state index contributed by atoms with van der Waals surface area (Å²) in [5.41, 5.74) is 9.39. The molecule has 4 amide bonds. The van der Waals surface area contributed by atoms with Gasteiger partial charge in [0.2, 0.25) is 11.8 Å². The van der Waals surface area contributed by atoms with Gasteiger partial charge < -0.3 is 20.9 Å². The molecule has 0 bridgehead atoms. The predicted molar refractivity (Wildman–Crippen MR) is 162 cm³/mol. The minimum Gasteiger partial charge on any atom is -0.375 e. The molecule has 11 nitrogen and oxygen atoms in total. The van der Waals surface area contributed by atoms with Gasteiger partial charge in [0.15, 0.2) is 5.13 Å². The molecule has 2 aliphatic heterocycles. The van der Waals surface area contributed by atoms with Gasteiger partial charge in [-0.15, -0.1) is 0 Å². The summed E-state index contributed by atoms with van der Waals surface area (Å²) >= 11 is 1.38. The molecule has 0 aliphatic carbocycles. The maximum absolute atomic E-state index is 14.1. The Kier molecular flexibility index (Phi) is 7.91. The number of fused-ring (bicyclic) bond motifs is 2. The number of urea groups is 1. The van der Waals surface area contributed by atoms with Gasteiger partial charge in [-0.1, -0.05) is 84.1 Å². The Balaban J connectivity index is 1.31. The summed E-state index contributed by atoms with van der Waals surface area (Å²) in [5, 5.41) is 15.9. The van der Waals surface area contributed by atoms with Crippen LogP contribution in [0.15, 0.2) is 78.9 Å². The first-order valence-corrected chi connectivity index (χ1v) is 14.7. The van der Waals surface area contributed by atoms with E-state index in [0.717, 1.165) is 26.9 Å². The fourth-order valence-corrected chi connectivity index (χ4v) is 6.58. The monoisotopic (exact) mass is 594 g/mol. The van der Waals surface area contributed by atoms with Gasteiger partial charge in [-0.25, -0.2) is 14.8 Å². The minimum absolute atomic E-state index is 0.129. The third kappa shape index (κ3) is 5.73. The Morgan fingerprint density at radius 1 is 1.05 bits per heavy atom. The third-order valence-electron chi connectivity index (χ3n) is 7.77. The first-order chi connectivity index (χ1) is 20.9. The summed E-state index contributed by atoms with van der Waals surface area (Å²) in [4.78, 5) is 48.9. The van der Waals surface area contributed by atoms with E-state index < -0.39 is 18.2 Å². The SMILES string of the molecule is N#CCN(C(=O)NCc1ccccc1)N1CC(=O)N2[C@@H](Cc3ccccc3)C(=O)N(Cc3cccc4sc(N)nc34)C[C@@H]21. The van der Waals surface area contributed by atoms with Crippen molar-refractivity contribution in [2.24, 2.45) is 0 Å². The summed E-state index contributed by atoms with van der Waals surface area (Å²) in [7, 11) is 0. The number of piperazine rings is 1. The standard InChI is InChI=1S/C31H30N8O3S/c32-14-15-37(31(42)34-17-22-10-5-2-6-11-22)38-20-27(40)39-24(16-21-8-3-1-4-9-21)29(41)36(19-26(38)39)18-23-12-7-13-25-28(23)35-30(33)43-25/h1-13,24,26H,15-20H2,(H2,33,35)(H,34,42)/t24-,26+/m0/s1. The molecule has 12 heteroatoms. The van der Waals surface area contributed by atoms with E-state index in [0.29, 0.717) is 11.6 Å². The maximum Gasteiger partial charge on any atom is 0.333 e. The van der Waals surface area contributed by atoms with Crippen LogP contribution in [0, 0.1) is 11.3 Å². The lowest BCUT2D eigenvalue weighted by molar-refractivity contribution is -0.157. The molecule has 2 fully saturated rings. The number of amides is 4. The smallest absolute Gasteiger partial charge is 0.333 e. The molecule has 3 aromatic carbocycles. The molecule has 2 atom stereocenters. The lowest BCUT2D eigenvalue weighted by Crippen LogP contribution is -2.66. The Morgan fingerprint density at radius 2 is 1.77 bits per heavy atom. The number of para-hydroxylation sites is 1. The minimum atomic E-state index is -0.783. The molecule has 1 aromatic heterocycles. The van der Waals surface area contributed by atoms with Crippen molar-refractivity contribution in [3.05, 3.63) is 95.6 Å². The average Bonchev–Trinajstić information content (AvgIpc) is 3.56. The van der Waals surface area contributed by atoms with Crippen LogP contribution in [-0.4, -0.2) is 74.5 Å². The normalized spacial score (nSPS) is 18.5. The Bertz CT molecular complexity index is 1690. The molecule has 0 spiro atoms. The summed E-state index contributed by atoms with van der Waals surface area (Å²) < 4.78 is 0.926. The van der Waals surface area contributed by atoms with Gasteiger partial charge in [-0.05, 0) is 22.8 Å². The first kappa shape index (κ1) is 28.1. The Hall–Kier alpha value is -4.99. The molecule has 2 saturated heterocycles. The number of carbonyl (C=O) groups is 3. The maximum atomic E-state index is 14.1. The Morgan fingerprint density at radius 3 is 2.49 bits per heavy atom. The molecule has 4 aromatic rings. The first-order valence-electron chi connectivity index (χ1n) is 13.9. The zero-order valence-electron chi connectivity index (χ0n) is 23.3. The van der Waals surface area contributed by atoms with Crippen molar-refractivity contribution in [2.45, 2.75) is 31.7 Å². The van der Waals surface area contributed by atoms with E-state index in [4.69, 9.17) is 5.73 Å². The zero-order chi connectivity index (χ0) is 29.9. The molecule has 3 heterocycles. The van der Waals surface area contributed by atoms with Crippen LogP contribution in [0.3, 0.4) is 0 Å². The van der Waals surface area contributed by atoms with Crippen LogP contribution in [-0.2, 0) is 29.1 Å². The zero-order valence-corrected chi connectivity index (χ0v) is 24.1. The molecule has 218 valence electrons. The second kappa shape index (κ2) is 12.1. The number of hydrogen-bond donors (Lipinski definition) is 2. The van der Waals surface area contributed by atoms with E-state index in [1.165, 1.54) is 16.3 Å². The van der Waals surface area contributed by atoms with Crippen molar-refractivity contribution in [2.75, 3.05) is 25.4 Å². The lowest BCUT2D eigenvalue weighted by Gasteiger charge is -2.46. The quantitative estimate of drug-likeness (QED) is 0.299. The van der Waals surface area contributed by atoms with E-state index in [-0.39, 0.29) is 44.5 Å². The van der Waals surface area contributed by atoms with E-state index in [9.17, 15) is 19.6 Å². The van der Waals surface area contributed by atoms with Crippen molar-refractivity contribution in [1.29, 1.82) is 5.26 Å². The molecule has 3 N–H and O–H groups in total. The van der Waals surface area contributed by atoms with Crippen molar-refractivity contribution in [3.63, 3.8) is 0 Å². The van der Waals surface area contributed by atoms with Crippen LogP contribution in [0.1, 0.15) is 16.7 Å². The number of nitrogens with one attached hydrogen (secondary N) is 1. The fraction of sp³-hybridized carbons (Fsp3) is 0.258. The van der Waals surface area contributed by atoms with Gasteiger partial charge in [0.1, 0.15) is 18.8 Å². The van der Waals surface area contributed by atoms with Crippen LogP contribution < -0.4 is 11.1 Å². The number of aromatic nitrogens is 1. The number of anilines is 1. The molecule has 43 heavy (non-hydrogen) atoms. The summed E-state index contributed by atoms with van der Waals surface area (Å²) in [6.07, 6.45) is -0.326. The molecule has 0 unspecified atom stereocenters. The van der Waals surface area contributed by atoms with Gasteiger partial charge in [-0.3, -0.25) is 9.59 Å². The molecule has 0 radical (unpaired) electrons. The second-order valence-electron chi connectivity index (χ2n) is 10.5. The van der Waals surface area contributed by atoms with Crippen LogP contribution >= 0.6 is 11.3 Å². The Labute approximate surface area is 252 Å². The summed E-state index contributed by atoms with van der Waals surface area (Å²) in [6, 6.07) is 25.6. The predicted octanol–water partition coefficient (Wildman–Crippen LogP) is 2.95. The lowest BCUT2D eigenvalue weighted by atomic mass is 10.00. The third-order valence-corrected chi connectivity index (χ3v) is 8.62. The number of nitrogen functional groups attached to an aromatic ring is 1. The van der Waals surface area contributed by atoms with Crippen molar-refractivity contribution >= 4 is 44.5 Å². The highest BCUT2D eigenvalue weighted by Gasteiger charge is 2.52. The largest absolute Gasteiger partial charge is 0.375 e. The molecule has 6 rings (SSSR count). The highest BCUT2D eigenvalue weighted by Crippen LogP contribution is 2.32. The second-order valence-corrected chi connectivity index (χ2v) is 11.5. The number of hydrazine groups is 1. The molecular weight excluding hydrogens is 564 g/mol. The number of nitriles is 1. The fourth-order valence-electron chi connectivity index (χ4n) is 5.79. The van der Waals surface area contributed by atoms with E-state index in [1.54, 1.807) is 14.8 Å². The number of benzene rings is 3. The number of thiazole rings is 1. The highest BCUT2D eigenvalue weighted by molar-refractivity contribution is 7.22. The van der Waals surface area contributed by atoms with Gasteiger partial charge >= 0.3 is 6.03 Å². The summed E-state index contributed by atoms with van der Waals surface area (Å²) in [5.74, 6) is -0.456. The van der Waals surface area contributed by atoms with Crippen LogP contribution in [0.25, 0.3) is 10.2 Å². The van der Waals surface area contributed by atoms with E-state index >= 15 is 0 Å². The van der Waals surface area contributed by atoms with Crippen molar-refractivity contribution < 1.29 is 14.4 Å². The van der Waals surface area contributed by atoms with E-state index in [2.05, 4.69) is 16.4 Å². The summed E-state index contributed by atoms with van der Waals surface area (Å²) in [6.45, 7) is 0.289. The number of nitrogens with zero attached hydrogens (tertiary/aromatic N) is 6. The van der Waals surface area contributed by atoms with Gasteiger partial charge in [0.05, 0.1) is 29.4 Å². The van der Waals surface area contributed by atoms with Crippen molar-refractivity contribution in [3.8, 4) is 6.07 Å².